The number of methoxy groups -OCH3 is 1. The molecule has 1 aromatic carbocycles. The zero-order valence-electron chi connectivity index (χ0n) is 13.1. The van der Waals surface area contributed by atoms with Gasteiger partial charge in [0, 0.05) is 36.6 Å². The van der Waals surface area contributed by atoms with E-state index in [2.05, 4.69) is 41.2 Å². The Labute approximate surface area is 126 Å². The summed E-state index contributed by atoms with van der Waals surface area (Å²) in [6.45, 7) is 5.19. The average Bonchev–Trinajstić information content (AvgIpc) is 2.54. The molecule has 1 unspecified atom stereocenters. The minimum Gasteiger partial charge on any atom is -0.497 e. The summed E-state index contributed by atoms with van der Waals surface area (Å²) in [5.41, 5.74) is 2.24. The van der Waals surface area contributed by atoms with Gasteiger partial charge in [-0.15, -0.1) is 0 Å². The molecule has 112 valence electrons. The van der Waals surface area contributed by atoms with Crippen LogP contribution in [0, 0.1) is 0 Å². The second-order valence-corrected chi connectivity index (χ2v) is 4.96. The van der Waals surface area contributed by atoms with Crippen LogP contribution < -0.4 is 15.0 Å². The van der Waals surface area contributed by atoms with Crippen molar-refractivity contribution in [2.75, 3.05) is 25.6 Å². The zero-order chi connectivity index (χ0) is 15.2. The summed E-state index contributed by atoms with van der Waals surface area (Å²) in [7, 11) is 3.71. The van der Waals surface area contributed by atoms with Gasteiger partial charge in [0.25, 0.3) is 0 Å². The van der Waals surface area contributed by atoms with Crippen LogP contribution in [0.3, 0.4) is 0 Å². The van der Waals surface area contributed by atoms with Crippen molar-refractivity contribution in [3.05, 3.63) is 48.2 Å². The van der Waals surface area contributed by atoms with Crippen LogP contribution >= 0.6 is 0 Å². The van der Waals surface area contributed by atoms with Gasteiger partial charge < -0.3 is 15.0 Å². The molecule has 1 atom stereocenters. The van der Waals surface area contributed by atoms with Gasteiger partial charge in [0.2, 0.25) is 0 Å². The molecule has 0 saturated carbocycles. The Hall–Kier alpha value is -2.07. The number of ether oxygens (including phenoxy) is 1. The number of hydrogen-bond donors (Lipinski definition) is 1. The lowest BCUT2D eigenvalue weighted by molar-refractivity contribution is 0.415. The maximum Gasteiger partial charge on any atom is 0.137 e. The van der Waals surface area contributed by atoms with E-state index in [0.717, 1.165) is 23.8 Å². The number of anilines is 2. The first kappa shape index (κ1) is 15.3. The summed E-state index contributed by atoms with van der Waals surface area (Å²) < 4.78 is 5.30. The Kier molecular flexibility index (Phi) is 5.17. The Morgan fingerprint density at radius 1 is 1.29 bits per heavy atom. The van der Waals surface area contributed by atoms with Gasteiger partial charge in [0.05, 0.1) is 7.11 Å². The van der Waals surface area contributed by atoms with E-state index in [1.807, 2.05) is 37.5 Å². The van der Waals surface area contributed by atoms with Crippen molar-refractivity contribution >= 4 is 11.5 Å². The van der Waals surface area contributed by atoms with Crippen LogP contribution in [0.2, 0.25) is 0 Å². The number of aromatic nitrogens is 1. The Bertz CT molecular complexity index is 586. The van der Waals surface area contributed by atoms with E-state index < -0.39 is 0 Å². The van der Waals surface area contributed by atoms with E-state index in [9.17, 15) is 0 Å². The molecule has 4 heteroatoms. The molecule has 0 aliphatic heterocycles. The van der Waals surface area contributed by atoms with Gasteiger partial charge in [-0.1, -0.05) is 19.1 Å². The normalized spacial score (nSPS) is 12.0. The van der Waals surface area contributed by atoms with Crippen molar-refractivity contribution in [3.8, 4) is 5.75 Å². The van der Waals surface area contributed by atoms with Crippen LogP contribution in [0.15, 0.2) is 42.6 Å². The van der Waals surface area contributed by atoms with E-state index in [4.69, 9.17) is 4.74 Å². The smallest absolute Gasteiger partial charge is 0.137 e. The highest BCUT2D eigenvalue weighted by molar-refractivity contribution is 5.64. The minimum absolute atomic E-state index is 0.256. The van der Waals surface area contributed by atoms with Crippen molar-refractivity contribution in [1.29, 1.82) is 0 Å². The summed E-state index contributed by atoms with van der Waals surface area (Å²) in [6, 6.07) is 12.3. The number of nitrogens with one attached hydrogen (secondary N) is 1. The highest BCUT2D eigenvalue weighted by Crippen LogP contribution is 2.30. The molecule has 0 saturated heterocycles. The third-order valence-corrected chi connectivity index (χ3v) is 3.55. The Balaban J connectivity index is 2.36. The molecule has 0 radical (unpaired) electrons. The van der Waals surface area contributed by atoms with Crippen molar-refractivity contribution in [2.24, 2.45) is 0 Å². The fourth-order valence-electron chi connectivity index (χ4n) is 2.39. The van der Waals surface area contributed by atoms with E-state index >= 15 is 0 Å². The van der Waals surface area contributed by atoms with E-state index in [-0.39, 0.29) is 6.04 Å². The zero-order valence-corrected chi connectivity index (χ0v) is 13.1. The highest BCUT2D eigenvalue weighted by Gasteiger charge is 2.15. The molecule has 2 rings (SSSR count). The lowest BCUT2D eigenvalue weighted by atomic mass is 10.1. The summed E-state index contributed by atoms with van der Waals surface area (Å²) in [5, 5.41) is 3.44. The number of hydrogen-bond acceptors (Lipinski definition) is 4. The lowest BCUT2D eigenvalue weighted by Crippen LogP contribution is -2.22. The molecule has 0 aliphatic carbocycles. The summed E-state index contributed by atoms with van der Waals surface area (Å²) >= 11 is 0. The number of pyridine rings is 1. The summed E-state index contributed by atoms with van der Waals surface area (Å²) in [5.74, 6) is 1.80. The second-order valence-electron chi connectivity index (χ2n) is 4.96. The second kappa shape index (κ2) is 7.09. The molecule has 0 amide bonds. The molecule has 21 heavy (non-hydrogen) atoms. The van der Waals surface area contributed by atoms with Gasteiger partial charge in [0.1, 0.15) is 11.6 Å². The van der Waals surface area contributed by atoms with Crippen LogP contribution in [-0.4, -0.2) is 25.7 Å². The maximum atomic E-state index is 5.30. The van der Waals surface area contributed by atoms with Crippen LogP contribution in [0.5, 0.6) is 5.75 Å². The van der Waals surface area contributed by atoms with Crippen molar-refractivity contribution in [1.82, 2.24) is 10.3 Å². The third-order valence-electron chi connectivity index (χ3n) is 3.55. The molecular formula is C17H23N3O. The topological polar surface area (TPSA) is 37.4 Å². The lowest BCUT2D eigenvalue weighted by Gasteiger charge is -2.24. The predicted octanol–water partition coefficient (Wildman–Crippen LogP) is 3.53. The molecule has 1 heterocycles. The van der Waals surface area contributed by atoms with E-state index in [1.165, 1.54) is 5.56 Å². The Morgan fingerprint density at radius 2 is 2.10 bits per heavy atom. The first-order chi connectivity index (χ1) is 10.2. The third kappa shape index (κ3) is 3.52. The molecule has 4 nitrogen and oxygen atoms in total. The van der Waals surface area contributed by atoms with Gasteiger partial charge in [-0.05, 0) is 31.7 Å². The molecule has 1 N–H and O–H groups in total. The first-order valence-electron chi connectivity index (χ1n) is 7.23. The van der Waals surface area contributed by atoms with Gasteiger partial charge >= 0.3 is 0 Å². The average molecular weight is 285 g/mol. The maximum absolute atomic E-state index is 5.30. The molecule has 0 spiro atoms. The van der Waals surface area contributed by atoms with Crippen LogP contribution in [0.25, 0.3) is 0 Å². The quantitative estimate of drug-likeness (QED) is 0.881. The largest absolute Gasteiger partial charge is 0.497 e. The molecule has 2 aromatic rings. The van der Waals surface area contributed by atoms with Crippen molar-refractivity contribution < 1.29 is 4.74 Å². The summed E-state index contributed by atoms with van der Waals surface area (Å²) in [4.78, 5) is 6.65. The fraction of sp³-hybridized carbons (Fsp3) is 0.353. The van der Waals surface area contributed by atoms with Crippen LogP contribution in [-0.2, 0) is 0 Å². The van der Waals surface area contributed by atoms with Gasteiger partial charge in [-0.25, -0.2) is 4.98 Å². The molecule has 1 aromatic heterocycles. The highest BCUT2D eigenvalue weighted by atomic mass is 16.5. The Morgan fingerprint density at radius 3 is 2.81 bits per heavy atom. The minimum atomic E-state index is 0.256. The van der Waals surface area contributed by atoms with Crippen LogP contribution in [0.1, 0.15) is 25.5 Å². The van der Waals surface area contributed by atoms with Gasteiger partial charge in [-0.3, -0.25) is 0 Å². The first-order valence-corrected chi connectivity index (χ1v) is 7.23. The van der Waals surface area contributed by atoms with Gasteiger partial charge in [0.15, 0.2) is 0 Å². The summed E-state index contributed by atoms with van der Waals surface area (Å²) in [6.07, 6.45) is 1.83. The number of nitrogens with zero attached hydrogens (tertiary/aromatic N) is 2. The molecule has 0 fully saturated rings. The monoisotopic (exact) mass is 285 g/mol. The standard InChI is InChI=1S/C17H23N3O/c1-5-18-13(2)16-10-7-11-19-17(16)20(3)14-8-6-9-15(12-14)21-4/h6-13,18H,5H2,1-4H3. The predicted molar refractivity (Wildman–Crippen MR) is 87.4 cm³/mol. The molecular weight excluding hydrogens is 262 g/mol. The van der Waals surface area contributed by atoms with Crippen LogP contribution in [0.4, 0.5) is 11.5 Å². The van der Waals surface area contributed by atoms with E-state index in [0.29, 0.717) is 0 Å². The van der Waals surface area contributed by atoms with Crippen molar-refractivity contribution in [2.45, 2.75) is 19.9 Å². The molecule has 0 bridgehead atoms. The molecule has 0 aliphatic rings. The van der Waals surface area contributed by atoms with Gasteiger partial charge in [-0.2, -0.15) is 0 Å². The van der Waals surface area contributed by atoms with E-state index in [1.54, 1.807) is 7.11 Å². The number of benzene rings is 1. The SMILES string of the molecule is CCNC(C)c1cccnc1N(C)c1cccc(OC)c1. The fourth-order valence-corrected chi connectivity index (χ4v) is 2.39. The van der Waals surface area contributed by atoms with Crippen molar-refractivity contribution in [3.63, 3.8) is 0 Å². The number of rotatable bonds is 6.